The van der Waals surface area contributed by atoms with Gasteiger partial charge in [0.25, 0.3) is 0 Å². The lowest BCUT2D eigenvalue weighted by molar-refractivity contribution is -0.129. The van der Waals surface area contributed by atoms with Gasteiger partial charge in [-0.15, -0.1) is 0 Å². The van der Waals surface area contributed by atoms with Gasteiger partial charge in [-0.2, -0.15) is 0 Å². The molecule has 3 rings (SSSR count). The Kier molecular flexibility index (Phi) is 6.85. The predicted octanol–water partition coefficient (Wildman–Crippen LogP) is 4.11. The van der Waals surface area contributed by atoms with Crippen molar-refractivity contribution in [2.45, 2.75) is 57.9 Å². The fourth-order valence-electron chi connectivity index (χ4n) is 4.48. The summed E-state index contributed by atoms with van der Waals surface area (Å²) in [6.45, 7) is 2.87. The first-order valence-electron chi connectivity index (χ1n) is 10.1. The predicted molar refractivity (Wildman–Crippen MR) is 110 cm³/mol. The smallest absolute Gasteiger partial charge is 0.238 e. The summed E-state index contributed by atoms with van der Waals surface area (Å²) in [6, 6.07) is 7.71. The largest absolute Gasteiger partial charge is 0.339 e. The van der Waals surface area contributed by atoms with Crippen LogP contribution in [0.5, 0.6) is 0 Å². The van der Waals surface area contributed by atoms with Gasteiger partial charge >= 0.3 is 0 Å². The molecule has 4 nitrogen and oxygen atoms in total. The van der Waals surface area contributed by atoms with E-state index in [2.05, 4.69) is 6.92 Å². The molecule has 1 heterocycles. The monoisotopic (exact) mass is 411 g/mol. The molecule has 0 radical (unpaired) electrons. The van der Waals surface area contributed by atoms with Crippen molar-refractivity contribution >= 4 is 27.3 Å². The highest BCUT2D eigenvalue weighted by Crippen LogP contribution is 2.30. The van der Waals surface area contributed by atoms with Gasteiger partial charge in [0.05, 0.1) is 5.75 Å². The van der Waals surface area contributed by atoms with Gasteiger partial charge in [0.2, 0.25) is 5.91 Å². The van der Waals surface area contributed by atoms with Crippen LogP contribution in [-0.2, 0) is 21.1 Å². The molecule has 1 aliphatic carbocycles. The average Bonchev–Trinajstić information content (AvgIpc) is 3.07. The van der Waals surface area contributed by atoms with Crippen LogP contribution < -0.4 is 0 Å². The zero-order chi connectivity index (χ0) is 19.4. The summed E-state index contributed by atoms with van der Waals surface area (Å²) in [4.78, 5) is 14.5. The molecule has 6 heteroatoms. The summed E-state index contributed by atoms with van der Waals surface area (Å²) >= 11 is 6.26. The Morgan fingerprint density at radius 1 is 1.15 bits per heavy atom. The summed E-state index contributed by atoms with van der Waals surface area (Å²) in [5.41, 5.74) is 1.02. The SMILES string of the molecule is CC1CCC(CS(=O)(=O)CC(=O)N2CCCC2Cc2ccccc2Cl)CC1. The zero-order valence-corrected chi connectivity index (χ0v) is 17.6. The third kappa shape index (κ3) is 5.71. The highest BCUT2D eigenvalue weighted by Gasteiger charge is 2.33. The molecule has 1 aliphatic heterocycles. The lowest BCUT2D eigenvalue weighted by Crippen LogP contribution is -2.41. The molecule has 1 unspecified atom stereocenters. The van der Waals surface area contributed by atoms with Gasteiger partial charge < -0.3 is 4.90 Å². The van der Waals surface area contributed by atoms with Crippen molar-refractivity contribution in [3.63, 3.8) is 0 Å². The molecule has 0 aromatic heterocycles. The number of nitrogens with zero attached hydrogens (tertiary/aromatic N) is 1. The van der Waals surface area contributed by atoms with E-state index in [1.807, 2.05) is 24.3 Å². The summed E-state index contributed by atoms with van der Waals surface area (Å²) in [5, 5.41) is 0.705. The van der Waals surface area contributed by atoms with Crippen molar-refractivity contribution in [2.75, 3.05) is 18.1 Å². The molecule has 27 heavy (non-hydrogen) atoms. The van der Waals surface area contributed by atoms with Crippen molar-refractivity contribution < 1.29 is 13.2 Å². The number of rotatable bonds is 6. The Labute approximate surface area is 168 Å². The van der Waals surface area contributed by atoms with Crippen molar-refractivity contribution in [1.82, 2.24) is 4.90 Å². The van der Waals surface area contributed by atoms with E-state index < -0.39 is 9.84 Å². The Morgan fingerprint density at radius 3 is 2.56 bits per heavy atom. The summed E-state index contributed by atoms with van der Waals surface area (Å²) < 4.78 is 25.2. The first kappa shape index (κ1) is 20.7. The number of sulfone groups is 1. The Hall–Kier alpha value is -1.07. The van der Waals surface area contributed by atoms with Crippen molar-refractivity contribution in [3.05, 3.63) is 34.9 Å². The third-order valence-electron chi connectivity index (χ3n) is 6.08. The summed E-state index contributed by atoms with van der Waals surface area (Å²) in [5.74, 6) is 0.484. The van der Waals surface area contributed by atoms with Crippen molar-refractivity contribution in [1.29, 1.82) is 0 Å². The van der Waals surface area contributed by atoms with Crippen LogP contribution >= 0.6 is 11.6 Å². The topological polar surface area (TPSA) is 54.5 Å². The number of carbonyl (C=O) groups excluding carboxylic acids is 1. The molecule has 1 saturated carbocycles. The maximum atomic E-state index is 12.8. The number of likely N-dealkylation sites (tertiary alicyclic amines) is 1. The van der Waals surface area contributed by atoms with E-state index in [4.69, 9.17) is 11.6 Å². The number of amides is 1. The first-order valence-corrected chi connectivity index (χ1v) is 12.3. The summed E-state index contributed by atoms with van der Waals surface area (Å²) in [6.07, 6.45) is 6.63. The van der Waals surface area contributed by atoms with Crippen LogP contribution in [-0.4, -0.2) is 43.3 Å². The molecule has 1 saturated heterocycles. The zero-order valence-electron chi connectivity index (χ0n) is 16.1. The fourth-order valence-corrected chi connectivity index (χ4v) is 6.40. The molecule has 150 valence electrons. The average molecular weight is 412 g/mol. The van der Waals surface area contributed by atoms with E-state index in [0.717, 1.165) is 44.1 Å². The van der Waals surface area contributed by atoms with E-state index in [1.165, 1.54) is 0 Å². The minimum Gasteiger partial charge on any atom is -0.339 e. The van der Waals surface area contributed by atoms with Crippen LogP contribution in [0.25, 0.3) is 0 Å². The van der Waals surface area contributed by atoms with Crippen molar-refractivity contribution in [2.24, 2.45) is 11.8 Å². The van der Waals surface area contributed by atoms with E-state index >= 15 is 0 Å². The van der Waals surface area contributed by atoms with Crippen LogP contribution in [0.2, 0.25) is 5.02 Å². The second-order valence-corrected chi connectivity index (χ2v) is 10.9. The van der Waals surface area contributed by atoms with Gasteiger partial charge in [-0.05, 0) is 55.6 Å². The third-order valence-corrected chi connectivity index (χ3v) is 8.11. The lowest BCUT2D eigenvalue weighted by Gasteiger charge is -2.27. The van der Waals surface area contributed by atoms with E-state index in [0.29, 0.717) is 23.9 Å². The van der Waals surface area contributed by atoms with Gasteiger partial charge in [0, 0.05) is 17.6 Å². The Morgan fingerprint density at radius 2 is 1.85 bits per heavy atom. The quantitative estimate of drug-likeness (QED) is 0.707. The molecule has 0 spiro atoms. The highest BCUT2D eigenvalue weighted by atomic mass is 35.5. The number of hydrogen-bond acceptors (Lipinski definition) is 3. The fraction of sp³-hybridized carbons (Fsp3) is 0.667. The van der Waals surface area contributed by atoms with Gasteiger partial charge in [-0.1, -0.05) is 49.6 Å². The standard InChI is InChI=1S/C21H30ClNO3S/c1-16-8-10-17(11-9-16)14-27(25,26)15-21(24)23-12-4-6-19(23)13-18-5-2-3-7-20(18)22/h2-3,5,7,16-17,19H,4,6,8-15H2,1H3. The van der Waals surface area contributed by atoms with Crippen LogP contribution in [0.1, 0.15) is 51.0 Å². The molecule has 1 aromatic carbocycles. The summed E-state index contributed by atoms with van der Waals surface area (Å²) in [7, 11) is -3.36. The molecular formula is C21H30ClNO3S. The number of hydrogen-bond donors (Lipinski definition) is 0. The maximum Gasteiger partial charge on any atom is 0.238 e. The second kappa shape index (κ2) is 8.95. The Balaban J connectivity index is 1.58. The van der Waals surface area contributed by atoms with Gasteiger partial charge in [-0.3, -0.25) is 4.79 Å². The Bertz CT molecular complexity index is 756. The first-order chi connectivity index (χ1) is 12.8. The maximum absolute atomic E-state index is 12.8. The van der Waals surface area contributed by atoms with Crippen LogP contribution in [0, 0.1) is 11.8 Å². The normalized spacial score (nSPS) is 26.3. The van der Waals surface area contributed by atoms with Gasteiger partial charge in [-0.25, -0.2) is 8.42 Å². The van der Waals surface area contributed by atoms with Crippen LogP contribution in [0.15, 0.2) is 24.3 Å². The molecule has 1 atom stereocenters. The van der Waals surface area contributed by atoms with Gasteiger partial charge in [0.15, 0.2) is 9.84 Å². The molecule has 1 amide bonds. The number of benzene rings is 1. The highest BCUT2D eigenvalue weighted by molar-refractivity contribution is 7.92. The van der Waals surface area contributed by atoms with E-state index in [9.17, 15) is 13.2 Å². The molecule has 2 aliphatic rings. The molecule has 2 fully saturated rings. The molecule has 1 aromatic rings. The van der Waals surface area contributed by atoms with E-state index in [1.54, 1.807) is 4.90 Å². The molecule has 0 bridgehead atoms. The van der Waals surface area contributed by atoms with Crippen LogP contribution in [0.4, 0.5) is 0 Å². The molecule has 0 N–H and O–H groups in total. The number of carbonyl (C=O) groups is 1. The molecular weight excluding hydrogens is 382 g/mol. The minimum absolute atomic E-state index is 0.0446. The van der Waals surface area contributed by atoms with Crippen LogP contribution in [0.3, 0.4) is 0 Å². The lowest BCUT2D eigenvalue weighted by atomic mass is 9.84. The van der Waals surface area contributed by atoms with E-state index in [-0.39, 0.29) is 29.4 Å². The van der Waals surface area contributed by atoms with Gasteiger partial charge in [0.1, 0.15) is 5.75 Å². The minimum atomic E-state index is -3.36. The number of halogens is 1. The second-order valence-electron chi connectivity index (χ2n) is 8.36. The van der Waals surface area contributed by atoms with Crippen molar-refractivity contribution in [3.8, 4) is 0 Å².